The number of fused-ring (bicyclic) bond motifs is 1. The maximum atomic E-state index is 13.3. The fraction of sp³-hybridized carbons (Fsp3) is 0.429. The van der Waals surface area contributed by atoms with Crippen molar-refractivity contribution in [3.05, 3.63) is 67.9 Å². The summed E-state index contributed by atoms with van der Waals surface area (Å²) in [7, 11) is 0. The highest BCUT2D eigenvalue weighted by atomic mass is 35.5. The Balaban J connectivity index is 1.46. The van der Waals surface area contributed by atoms with Gasteiger partial charge in [0.1, 0.15) is 16.8 Å². The fourth-order valence-electron chi connectivity index (χ4n) is 3.68. The van der Waals surface area contributed by atoms with Gasteiger partial charge in [-0.05, 0) is 35.8 Å². The molecule has 0 aliphatic carbocycles. The van der Waals surface area contributed by atoms with Gasteiger partial charge in [-0.1, -0.05) is 37.1 Å². The first-order chi connectivity index (χ1) is 15.5. The SMILES string of the molecule is CCCCn1c2c(c(=O)n(CCCn3nnc(Cc4cccc(F)c4)n3)c1=O)CC(Cl)=N2. The maximum absolute atomic E-state index is 13.3. The van der Waals surface area contributed by atoms with E-state index in [0.29, 0.717) is 48.3 Å². The van der Waals surface area contributed by atoms with Crippen LogP contribution in [0.3, 0.4) is 0 Å². The van der Waals surface area contributed by atoms with Gasteiger partial charge in [-0.2, -0.15) is 4.80 Å². The summed E-state index contributed by atoms with van der Waals surface area (Å²) in [6, 6.07) is 6.24. The summed E-state index contributed by atoms with van der Waals surface area (Å²) in [5.41, 5.74) is 0.482. The van der Waals surface area contributed by atoms with E-state index in [9.17, 15) is 14.0 Å². The molecular weight excluding hydrogens is 437 g/mol. The highest BCUT2D eigenvalue weighted by molar-refractivity contribution is 6.66. The molecule has 0 unspecified atom stereocenters. The molecule has 0 spiro atoms. The summed E-state index contributed by atoms with van der Waals surface area (Å²) in [5.74, 6) is 0.541. The Bertz CT molecular complexity index is 1280. The van der Waals surface area contributed by atoms with Crippen LogP contribution in [0.25, 0.3) is 0 Å². The van der Waals surface area contributed by atoms with Gasteiger partial charge < -0.3 is 0 Å². The second-order valence-corrected chi connectivity index (χ2v) is 8.11. The quantitative estimate of drug-likeness (QED) is 0.489. The van der Waals surface area contributed by atoms with Crippen molar-refractivity contribution in [1.82, 2.24) is 29.3 Å². The van der Waals surface area contributed by atoms with E-state index in [4.69, 9.17) is 11.6 Å². The molecule has 9 nitrogen and oxygen atoms in total. The summed E-state index contributed by atoms with van der Waals surface area (Å²) >= 11 is 6.05. The number of hydrogen-bond donors (Lipinski definition) is 0. The van der Waals surface area contributed by atoms with Gasteiger partial charge in [-0.25, -0.2) is 14.2 Å². The van der Waals surface area contributed by atoms with Crippen LogP contribution in [0.2, 0.25) is 0 Å². The molecule has 0 N–H and O–H groups in total. The summed E-state index contributed by atoms with van der Waals surface area (Å²) in [6.07, 6.45) is 2.79. The van der Waals surface area contributed by atoms with Crippen LogP contribution in [0.15, 0.2) is 38.8 Å². The maximum Gasteiger partial charge on any atom is 0.332 e. The zero-order chi connectivity index (χ0) is 22.7. The van der Waals surface area contributed by atoms with Crippen LogP contribution in [0.5, 0.6) is 0 Å². The third kappa shape index (κ3) is 4.69. The van der Waals surface area contributed by atoms with Gasteiger partial charge in [-0.15, -0.1) is 10.2 Å². The molecule has 0 saturated carbocycles. The highest BCUT2D eigenvalue weighted by Crippen LogP contribution is 2.24. The van der Waals surface area contributed by atoms with Crippen molar-refractivity contribution in [2.45, 2.75) is 58.7 Å². The Morgan fingerprint density at radius 3 is 2.72 bits per heavy atom. The van der Waals surface area contributed by atoms with Gasteiger partial charge in [0, 0.05) is 25.9 Å². The number of unbranched alkanes of at least 4 members (excludes halogenated alkanes) is 1. The van der Waals surface area contributed by atoms with Gasteiger partial charge >= 0.3 is 5.69 Å². The van der Waals surface area contributed by atoms with Crippen molar-refractivity contribution in [1.29, 1.82) is 0 Å². The van der Waals surface area contributed by atoms with Crippen molar-refractivity contribution < 1.29 is 4.39 Å². The molecule has 0 amide bonds. The molecule has 0 bridgehead atoms. The predicted octanol–water partition coefficient (Wildman–Crippen LogP) is 2.44. The molecular formula is C21H23ClFN7O2. The molecule has 3 aromatic rings. The van der Waals surface area contributed by atoms with Gasteiger partial charge in [0.25, 0.3) is 5.56 Å². The Hall–Kier alpha value is -3.14. The Morgan fingerprint density at radius 2 is 1.94 bits per heavy atom. The molecule has 0 saturated heterocycles. The number of nitrogens with zero attached hydrogens (tertiary/aromatic N) is 7. The van der Waals surface area contributed by atoms with Crippen molar-refractivity contribution in [3.63, 3.8) is 0 Å². The topological polar surface area (TPSA) is 100.0 Å². The van der Waals surface area contributed by atoms with E-state index in [0.717, 1.165) is 18.4 Å². The number of aryl methyl sites for hydroxylation is 1. The molecule has 1 aliphatic rings. The number of halogens is 2. The molecule has 3 heterocycles. The van der Waals surface area contributed by atoms with Crippen LogP contribution in [0, 0.1) is 5.82 Å². The molecule has 32 heavy (non-hydrogen) atoms. The average Bonchev–Trinajstić information content (AvgIpc) is 3.37. The summed E-state index contributed by atoms with van der Waals surface area (Å²) < 4.78 is 16.1. The monoisotopic (exact) mass is 459 g/mol. The van der Waals surface area contributed by atoms with Crippen molar-refractivity contribution in [2.75, 3.05) is 0 Å². The van der Waals surface area contributed by atoms with Gasteiger partial charge in [0.2, 0.25) is 0 Å². The summed E-state index contributed by atoms with van der Waals surface area (Å²) in [6.45, 7) is 3.12. The minimum atomic E-state index is -0.379. The van der Waals surface area contributed by atoms with Crippen molar-refractivity contribution in [2.24, 2.45) is 4.99 Å². The molecule has 1 aromatic carbocycles. The lowest BCUT2D eigenvalue weighted by molar-refractivity contribution is 0.448. The third-order valence-corrected chi connectivity index (χ3v) is 5.48. The zero-order valence-corrected chi connectivity index (χ0v) is 18.4. The van der Waals surface area contributed by atoms with Crippen LogP contribution in [0.1, 0.15) is 43.1 Å². The lowest BCUT2D eigenvalue weighted by atomic mass is 10.1. The summed E-state index contributed by atoms with van der Waals surface area (Å²) in [4.78, 5) is 31.5. The average molecular weight is 460 g/mol. The molecule has 0 radical (unpaired) electrons. The standard InChI is InChI=1S/C21H23ClFN7O2/c1-2-3-8-28-19-16(13-17(22)24-19)20(31)29(21(28)32)9-5-10-30-26-18(25-27-30)12-14-6-4-7-15(23)11-14/h4,6-7,11H,2-3,5,8-10,12-13H2,1H3. The van der Waals surface area contributed by atoms with Crippen LogP contribution in [-0.4, -0.2) is 34.5 Å². The second kappa shape index (κ2) is 9.56. The second-order valence-electron chi connectivity index (χ2n) is 7.67. The number of rotatable bonds is 9. The van der Waals surface area contributed by atoms with E-state index in [1.807, 2.05) is 6.92 Å². The third-order valence-electron chi connectivity index (χ3n) is 5.26. The predicted molar refractivity (Wildman–Crippen MR) is 118 cm³/mol. The van der Waals surface area contributed by atoms with Gasteiger partial charge in [-0.3, -0.25) is 13.9 Å². The molecule has 1 aliphatic heterocycles. The molecule has 0 atom stereocenters. The first-order valence-corrected chi connectivity index (χ1v) is 10.9. The molecule has 168 valence electrons. The molecule has 2 aromatic heterocycles. The largest absolute Gasteiger partial charge is 0.332 e. The number of tetrazole rings is 1. The molecule has 4 rings (SSSR count). The zero-order valence-electron chi connectivity index (χ0n) is 17.7. The van der Waals surface area contributed by atoms with Crippen molar-refractivity contribution >= 4 is 22.6 Å². The summed E-state index contributed by atoms with van der Waals surface area (Å²) in [5, 5.41) is 12.6. The van der Waals surface area contributed by atoms with Crippen LogP contribution in [-0.2, 0) is 32.5 Å². The van der Waals surface area contributed by atoms with E-state index in [1.54, 1.807) is 16.7 Å². The lowest BCUT2D eigenvalue weighted by Crippen LogP contribution is -2.41. The van der Waals surface area contributed by atoms with Crippen LogP contribution >= 0.6 is 11.6 Å². The Labute approximate surface area is 188 Å². The van der Waals surface area contributed by atoms with E-state index in [1.165, 1.54) is 21.5 Å². The van der Waals surface area contributed by atoms with Crippen molar-refractivity contribution in [3.8, 4) is 0 Å². The van der Waals surface area contributed by atoms with Gasteiger partial charge in [0.15, 0.2) is 5.82 Å². The number of aliphatic imine (C=N–C) groups is 1. The number of benzene rings is 1. The fourth-order valence-corrected chi connectivity index (χ4v) is 3.90. The Kier molecular flexibility index (Phi) is 6.59. The normalized spacial score (nSPS) is 12.8. The van der Waals surface area contributed by atoms with E-state index < -0.39 is 0 Å². The van der Waals surface area contributed by atoms with E-state index in [2.05, 4.69) is 20.4 Å². The smallest absolute Gasteiger partial charge is 0.278 e. The lowest BCUT2D eigenvalue weighted by Gasteiger charge is -2.13. The van der Waals surface area contributed by atoms with Crippen LogP contribution in [0.4, 0.5) is 10.2 Å². The first-order valence-electron chi connectivity index (χ1n) is 10.6. The highest BCUT2D eigenvalue weighted by Gasteiger charge is 2.24. The molecule has 0 fully saturated rings. The Morgan fingerprint density at radius 1 is 1.12 bits per heavy atom. The minimum absolute atomic E-state index is 0.218. The number of aromatic nitrogens is 6. The first kappa shape index (κ1) is 22.1. The van der Waals surface area contributed by atoms with E-state index in [-0.39, 0.29) is 30.0 Å². The molecule has 11 heteroatoms. The number of hydrogen-bond acceptors (Lipinski definition) is 6. The van der Waals surface area contributed by atoms with Crippen LogP contribution < -0.4 is 11.2 Å². The van der Waals surface area contributed by atoms with E-state index >= 15 is 0 Å². The minimum Gasteiger partial charge on any atom is -0.278 e. The van der Waals surface area contributed by atoms with Gasteiger partial charge in [0.05, 0.1) is 12.1 Å².